The van der Waals surface area contributed by atoms with E-state index in [9.17, 15) is 24.8 Å². The molecule has 0 radical (unpaired) electrons. The summed E-state index contributed by atoms with van der Waals surface area (Å²) in [6, 6.07) is 5.57. The number of non-ortho nitro benzene ring substituents is 1. The van der Waals surface area contributed by atoms with Crippen LogP contribution in [0.3, 0.4) is 0 Å². The Morgan fingerprint density at radius 2 is 1.88 bits per heavy atom. The summed E-state index contributed by atoms with van der Waals surface area (Å²) < 4.78 is 5.27. The molecule has 1 saturated carbocycles. The Bertz CT molecular complexity index is 689. The van der Waals surface area contributed by atoms with Crippen LogP contribution in [0.4, 0.5) is 10.5 Å². The number of carboxylic acid groups (broad SMARTS) is 1. The van der Waals surface area contributed by atoms with E-state index in [0.29, 0.717) is 25.7 Å². The first-order chi connectivity index (χ1) is 12.0. The van der Waals surface area contributed by atoms with Crippen molar-refractivity contribution < 1.29 is 24.4 Å². The van der Waals surface area contributed by atoms with Gasteiger partial charge in [-0.15, -0.1) is 0 Å². The quantitative estimate of drug-likeness (QED) is 0.566. The van der Waals surface area contributed by atoms with Gasteiger partial charge in [0.1, 0.15) is 5.60 Å². The summed E-state index contributed by atoms with van der Waals surface area (Å²) in [4.78, 5) is 33.9. The Kier molecular flexibility index (Phi) is 5.53. The van der Waals surface area contributed by atoms with Crippen molar-refractivity contribution in [2.75, 3.05) is 0 Å². The number of nitrogens with one attached hydrogen (secondary N) is 1. The second-order valence-electron chi connectivity index (χ2n) is 7.76. The van der Waals surface area contributed by atoms with Crippen LogP contribution in [0.2, 0.25) is 0 Å². The van der Waals surface area contributed by atoms with Crippen LogP contribution in [-0.4, -0.2) is 33.7 Å². The molecule has 1 aromatic rings. The van der Waals surface area contributed by atoms with Crippen molar-refractivity contribution in [3.8, 4) is 0 Å². The van der Waals surface area contributed by atoms with Gasteiger partial charge in [0, 0.05) is 18.2 Å². The van der Waals surface area contributed by atoms with E-state index in [1.807, 2.05) is 0 Å². The number of carbonyl (C=O) groups excluding carboxylic acids is 1. The third-order valence-corrected chi connectivity index (χ3v) is 4.29. The van der Waals surface area contributed by atoms with Gasteiger partial charge in [-0.1, -0.05) is 12.1 Å². The van der Waals surface area contributed by atoms with E-state index in [1.54, 1.807) is 32.9 Å². The molecule has 142 valence electrons. The molecule has 1 aromatic carbocycles. The minimum absolute atomic E-state index is 0.0189. The normalized spacial score (nSPS) is 16.4. The Morgan fingerprint density at radius 3 is 2.31 bits per heavy atom. The first-order valence-corrected chi connectivity index (χ1v) is 8.47. The van der Waals surface area contributed by atoms with E-state index >= 15 is 0 Å². The van der Waals surface area contributed by atoms with Crippen LogP contribution >= 0.6 is 0 Å². The predicted molar refractivity (Wildman–Crippen MR) is 93.9 cm³/mol. The summed E-state index contributed by atoms with van der Waals surface area (Å²) in [6.07, 6.45) is 1.21. The second-order valence-corrected chi connectivity index (χ2v) is 7.76. The molecule has 0 aliphatic heterocycles. The topological polar surface area (TPSA) is 119 Å². The summed E-state index contributed by atoms with van der Waals surface area (Å²) in [5.74, 6) is -0.864. The van der Waals surface area contributed by atoms with Gasteiger partial charge in [0.15, 0.2) is 0 Å². The highest BCUT2D eigenvalue weighted by Crippen LogP contribution is 2.50. The molecule has 1 unspecified atom stereocenters. The highest BCUT2D eigenvalue weighted by molar-refractivity contribution is 5.78. The van der Waals surface area contributed by atoms with Crippen molar-refractivity contribution in [1.82, 2.24) is 5.32 Å². The first kappa shape index (κ1) is 19.7. The Morgan fingerprint density at radius 1 is 1.31 bits per heavy atom. The third kappa shape index (κ3) is 5.44. The molecule has 8 nitrogen and oxygen atoms in total. The van der Waals surface area contributed by atoms with Crippen molar-refractivity contribution in [3.05, 3.63) is 39.9 Å². The average Bonchev–Trinajstić information content (AvgIpc) is 3.26. The number of nitro benzene ring substituents is 1. The zero-order chi connectivity index (χ0) is 19.5. The number of ether oxygens (including phenoxy) is 1. The van der Waals surface area contributed by atoms with Crippen molar-refractivity contribution in [1.29, 1.82) is 0 Å². The van der Waals surface area contributed by atoms with Crippen LogP contribution in [0.1, 0.15) is 45.6 Å². The number of nitrogens with zero attached hydrogens (tertiary/aromatic N) is 1. The molecule has 0 bridgehead atoms. The van der Waals surface area contributed by atoms with Gasteiger partial charge >= 0.3 is 12.1 Å². The predicted octanol–water partition coefficient (Wildman–Crippen LogP) is 3.29. The molecule has 1 amide bonds. The molecule has 26 heavy (non-hydrogen) atoms. The van der Waals surface area contributed by atoms with E-state index in [1.165, 1.54) is 12.1 Å². The lowest BCUT2D eigenvalue weighted by Crippen LogP contribution is -2.42. The zero-order valence-electron chi connectivity index (χ0n) is 15.2. The summed E-state index contributed by atoms with van der Waals surface area (Å²) in [5.41, 5.74) is -0.709. The van der Waals surface area contributed by atoms with Gasteiger partial charge in [-0.2, -0.15) is 0 Å². The number of alkyl carbamates (subject to hydrolysis) is 1. The minimum Gasteiger partial charge on any atom is -0.481 e. The van der Waals surface area contributed by atoms with Gasteiger partial charge in [0.05, 0.1) is 10.3 Å². The maximum Gasteiger partial charge on any atom is 0.407 e. The highest BCUT2D eigenvalue weighted by Gasteiger charge is 2.51. The summed E-state index contributed by atoms with van der Waals surface area (Å²) in [7, 11) is 0. The molecular weight excluding hydrogens is 340 g/mol. The lowest BCUT2D eigenvalue weighted by atomic mass is 9.92. The first-order valence-electron chi connectivity index (χ1n) is 8.47. The monoisotopic (exact) mass is 364 g/mol. The highest BCUT2D eigenvalue weighted by atomic mass is 16.6. The number of carboxylic acids is 1. The van der Waals surface area contributed by atoms with Crippen molar-refractivity contribution in [2.24, 2.45) is 5.41 Å². The lowest BCUT2D eigenvalue weighted by molar-refractivity contribution is -0.384. The fourth-order valence-electron chi connectivity index (χ4n) is 2.81. The fraction of sp³-hybridized carbons (Fsp3) is 0.556. The minimum atomic E-state index is -0.864. The number of hydrogen-bond acceptors (Lipinski definition) is 5. The van der Waals surface area contributed by atoms with Crippen LogP contribution in [0, 0.1) is 15.5 Å². The average molecular weight is 364 g/mol. The number of aliphatic carboxylic acids is 1. The molecule has 0 aromatic heterocycles. The van der Waals surface area contributed by atoms with Gasteiger partial charge in [0.25, 0.3) is 5.69 Å². The van der Waals surface area contributed by atoms with Gasteiger partial charge in [-0.25, -0.2) is 4.79 Å². The number of amides is 1. The SMILES string of the molecule is CC(C)(C)OC(=O)NC(Cc1ccc([N+](=O)[O-])cc1)CC1(C(=O)O)CC1. The van der Waals surface area contributed by atoms with Gasteiger partial charge in [-0.05, 0) is 52.0 Å². The summed E-state index contributed by atoms with van der Waals surface area (Å²) >= 11 is 0. The maximum absolute atomic E-state index is 12.1. The van der Waals surface area contributed by atoms with Crippen LogP contribution in [0.15, 0.2) is 24.3 Å². The van der Waals surface area contributed by atoms with Crippen molar-refractivity contribution in [2.45, 2.75) is 58.1 Å². The molecule has 1 aliphatic rings. The molecule has 1 atom stereocenters. The molecule has 1 fully saturated rings. The molecule has 0 spiro atoms. The van der Waals surface area contributed by atoms with E-state index in [2.05, 4.69) is 5.32 Å². The molecule has 2 rings (SSSR count). The Labute approximate surface area is 151 Å². The smallest absolute Gasteiger partial charge is 0.407 e. The number of benzene rings is 1. The molecule has 1 aliphatic carbocycles. The Hall–Kier alpha value is -2.64. The number of nitro groups is 1. The molecule has 8 heteroatoms. The number of carbonyl (C=O) groups is 2. The van der Waals surface area contributed by atoms with E-state index < -0.39 is 34.0 Å². The van der Waals surface area contributed by atoms with E-state index in [-0.39, 0.29) is 5.69 Å². The molecular formula is C18H24N2O6. The fourth-order valence-corrected chi connectivity index (χ4v) is 2.81. The number of hydrogen-bond donors (Lipinski definition) is 2. The Balaban J connectivity index is 2.10. The molecule has 0 heterocycles. The largest absolute Gasteiger partial charge is 0.481 e. The van der Waals surface area contributed by atoms with Gasteiger partial charge < -0.3 is 15.2 Å². The maximum atomic E-state index is 12.1. The van der Waals surface area contributed by atoms with Crippen LogP contribution < -0.4 is 5.32 Å². The lowest BCUT2D eigenvalue weighted by Gasteiger charge is -2.25. The third-order valence-electron chi connectivity index (χ3n) is 4.29. The van der Waals surface area contributed by atoms with Crippen molar-refractivity contribution >= 4 is 17.7 Å². The summed E-state index contributed by atoms with van der Waals surface area (Å²) in [6.45, 7) is 5.24. The van der Waals surface area contributed by atoms with Crippen molar-refractivity contribution in [3.63, 3.8) is 0 Å². The summed E-state index contributed by atoms with van der Waals surface area (Å²) in [5, 5.41) is 22.9. The zero-order valence-corrected chi connectivity index (χ0v) is 15.2. The van der Waals surface area contributed by atoms with Crippen LogP contribution in [0.5, 0.6) is 0 Å². The molecule has 0 saturated heterocycles. The van der Waals surface area contributed by atoms with Gasteiger partial charge in [0.2, 0.25) is 0 Å². The van der Waals surface area contributed by atoms with Crippen LogP contribution in [-0.2, 0) is 16.0 Å². The van der Waals surface area contributed by atoms with Gasteiger partial charge in [-0.3, -0.25) is 14.9 Å². The van der Waals surface area contributed by atoms with Crippen LogP contribution in [0.25, 0.3) is 0 Å². The molecule has 2 N–H and O–H groups in total. The number of rotatable bonds is 7. The standard InChI is InChI=1S/C18H24N2O6/c1-17(2,3)26-16(23)19-13(11-18(8-9-18)15(21)22)10-12-4-6-14(7-5-12)20(24)25/h4-7,13H,8-11H2,1-3H3,(H,19,23)(H,21,22). The van der Waals surface area contributed by atoms with E-state index in [4.69, 9.17) is 4.74 Å². The van der Waals surface area contributed by atoms with E-state index in [0.717, 1.165) is 5.56 Å². The second kappa shape index (κ2) is 7.31.